The molecule has 0 N–H and O–H groups in total. The minimum atomic E-state index is -2.57. The van der Waals surface area contributed by atoms with E-state index in [4.69, 9.17) is 0 Å². The van der Waals surface area contributed by atoms with E-state index in [1.807, 2.05) is 11.0 Å². The van der Waals surface area contributed by atoms with Crippen LogP contribution in [-0.2, 0) is 0 Å². The van der Waals surface area contributed by atoms with E-state index in [-0.39, 0.29) is 0 Å². The van der Waals surface area contributed by atoms with Crippen molar-refractivity contribution in [1.82, 2.24) is 0 Å². The van der Waals surface area contributed by atoms with Gasteiger partial charge in [-0.15, -0.1) is 0 Å². The molecule has 1 aliphatic rings. The second-order valence-electron chi connectivity index (χ2n) is 11.3. The zero-order valence-electron chi connectivity index (χ0n) is 21.4. The summed E-state index contributed by atoms with van der Waals surface area (Å²) in [6, 6.07) is 0. The van der Waals surface area contributed by atoms with Crippen molar-refractivity contribution in [2.45, 2.75) is 128 Å². The van der Waals surface area contributed by atoms with Crippen molar-refractivity contribution in [2.75, 3.05) is 0 Å². The van der Waals surface area contributed by atoms with Crippen LogP contribution in [0.15, 0.2) is 17.5 Å². The Hall–Kier alpha value is 0.777. The Bertz CT molecular complexity index is 566. The molecule has 0 unspecified atom stereocenters. The molecule has 162 valence electrons. The van der Waals surface area contributed by atoms with Crippen molar-refractivity contribution in [3.8, 4) is 0 Å². The van der Waals surface area contributed by atoms with Crippen LogP contribution in [0.25, 0.3) is 0 Å². The number of unbranched alkanes of at least 4 members (excludes halogenated alkanes) is 2. The molecule has 1 heterocycles. The molecule has 0 saturated heterocycles. The molecule has 0 aromatic carbocycles. The van der Waals surface area contributed by atoms with E-state index < -0.39 is 34.5 Å². The fourth-order valence-electron chi connectivity index (χ4n) is 6.35. The Morgan fingerprint density at radius 2 is 1.11 bits per heavy atom. The van der Waals surface area contributed by atoms with Crippen LogP contribution in [0, 0.1) is 0 Å². The molecule has 0 nitrogen and oxygen atoms in total. The molecule has 0 amide bonds. The first-order valence-electron chi connectivity index (χ1n) is 12.5. The number of hydrogen-bond acceptors (Lipinski definition) is 0. The molecule has 0 spiro atoms. The van der Waals surface area contributed by atoms with Crippen LogP contribution in [0.5, 0.6) is 0 Å². The number of hydrogen-bond donors (Lipinski definition) is 0. The third-order valence-corrected chi connectivity index (χ3v) is 43.8. The molecule has 0 aromatic rings. The summed E-state index contributed by atoms with van der Waals surface area (Å²) in [5.41, 5.74) is 3.92. The van der Waals surface area contributed by atoms with Gasteiger partial charge in [0.15, 0.2) is 0 Å². The van der Waals surface area contributed by atoms with Gasteiger partial charge in [0.25, 0.3) is 0 Å². The molecule has 1 rings (SSSR count). The van der Waals surface area contributed by atoms with Gasteiger partial charge in [-0.3, -0.25) is 0 Å². The normalized spacial score (nSPS) is 17.7. The first kappa shape index (κ1) is 26.8. The van der Waals surface area contributed by atoms with Gasteiger partial charge in [-0.05, 0) is 0 Å². The Balaban J connectivity index is 4.01. The van der Waals surface area contributed by atoms with E-state index in [9.17, 15) is 0 Å². The average Bonchev–Trinajstić information content (AvgIpc) is 2.90. The predicted molar refractivity (Wildman–Crippen MR) is 143 cm³/mol. The summed E-state index contributed by atoms with van der Waals surface area (Å²) in [5.74, 6) is 0. The van der Waals surface area contributed by atoms with Crippen LogP contribution >= 0.6 is 0 Å². The van der Waals surface area contributed by atoms with Crippen LogP contribution < -0.4 is 0 Å². The van der Waals surface area contributed by atoms with Crippen LogP contribution in [0.1, 0.15) is 66.7 Å². The van der Waals surface area contributed by atoms with Crippen LogP contribution in [0.4, 0.5) is 0 Å². The summed E-state index contributed by atoms with van der Waals surface area (Å²) in [6.45, 7) is 29.3. The molecule has 28 heavy (non-hydrogen) atoms. The van der Waals surface area contributed by atoms with E-state index in [0.29, 0.717) is 0 Å². The number of allylic oxidation sites excluding steroid dienone is 2. The maximum atomic E-state index is 2.70. The Kier molecular flexibility index (Phi) is 10.4. The van der Waals surface area contributed by atoms with Gasteiger partial charge in [-0.1, -0.05) is 0 Å². The standard InChI is InChI=1S/C16H33BSi2.2C4H9.Sn/c1-10-15(13-18(4,5)6)16(14-19(7,8)9)17(11-2)12-3;2*1-3-4-2;/h10-12H2,1-9H3;2*1,3-4H2,2H3;. The molecular formula is C24H51BSi2Sn. The second kappa shape index (κ2) is 10.9. The zero-order chi connectivity index (χ0) is 21.8. The minimum absolute atomic E-state index is 0.824. The van der Waals surface area contributed by atoms with E-state index >= 15 is 0 Å². The molecule has 0 aliphatic carbocycles. The Labute approximate surface area is 185 Å². The summed E-state index contributed by atoms with van der Waals surface area (Å²) in [4.78, 5) is 0. The van der Waals surface area contributed by atoms with Gasteiger partial charge in [-0.25, -0.2) is 0 Å². The summed E-state index contributed by atoms with van der Waals surface area (Å²) in [7, 11) is -2.67. The van der Waals surface area contributed by atoms with Gasteiger partial charge < -0.3 is 0 Å². The van der Waals surface area contributed by atoms with Crippen molar-refractivity contribution in [3.63, 3.8) is 0 Å². The molecule has 0 aromatic heterocycles. The van der Waals surface area contributed by atoms with Gasteiger partial charge in [0, 0.05) is 0 Å². The molecule has 1 aliphatic heterocycles. The topological polar surface area (TPSA) is 0 Å². The quantitative estimate of drug-likeness (QED) is 0.223. The first-order valence-corrected chi connectivity index (χ1v) is 26.3. The molecular weight excluding hydrogens is 474 g/mol. The fraction of sp³-hybridized carbons (Fsp3) is 0.833. The van der Waals surface area contributed by atoms with E-state index in [0.717, 1.165) is 6.71 Å². The fourth-order valence-corrected chi connectivity index (χ4v) is 56.8. The van der Waals surface area contributed by atoms with Crippen LogP contribution in [-0.4, -0.2) is 41.2 Å². The molecule has 0 fully saturated rings. The van der Waals surface area contributed by atoms with Gasteiger partial charge in [-0.2, -0.15) is 0 Å². The third kappa shape index (κ3) is 5.52. The predicted octanol–water partition coefficient (Wildman–Crippen LogP) is 8.96. The van der Waals surface area contributed by atoms with E-state index in [2.05, 4.69) is 80.3 Å². The summed E-state index contributed by atoms with van der Waals surface area (Å²) in [5, 5.41) is 0. The van der Waals surface area contributed by atoms with Crippen LogP contribution in [0.2, 0.25) is 60.8 Å². The summed E-state index contributed by atoms with van der Waals surface area (Å²) < 4.78 is 7.66. The van der Waals surface area contributed by atoms with Gasteiger partial charge in [0.2, 0.25) is 0 Å². The molecule has 0 saturated carbocycles. The molecule has 0 bridgehead atoms. The average molecular weight is 525 g/mol. The van der Waals surface area contributed by atoms with E-state index in [1.165, 1.54) is 44.7 Å². The first-order chi connectivity index (χ1) is 13.0. The SMILES string of the molecule is CCC[CH2][Sn]1([CH2]CCC)[C]([Si](C)(C)C)=C(CC)C(B(CC)CC)=[C]1[Si](C)(C)C. The summed E-state index contributed by atoms with van der Waals surface area (Å²) in [6.07, 6.45) is 9.70. The van der Waals surface area contributed by atoms with Crippen molar-refractivity contribution < 1.29 is 0 Å². The number of rotatable bonds is 12. The third-order valence-electron chi connectivity index (χ3n) is 7.01. The maximum absolute atomic E-state index is 2.70. The monoisotopic (exact) mass is 526 g/mol. The molecule has 0 radical (unpaired) electrons. The van der Waals surface area contributed by atoms with Crippen molar-refractivity contribution in [1.29, 1.82) is 0 Å². The Morgan fingerprint density at radius 3 is 1.39 bits per heavy atom. The van der Waals surface area contributed by atoms with Gasteiger partial charge >= 0.3 is 186 Å². The van der Waals surface area contributed by atoms with Crippen molar-refractivity contribution in [2.24, 2.45) is 0 Å². The summed E-state index contributed by atoms with van der Waals surface area (Å²) >= 11 is -2.57. The molecule has 4 heteroatoms. The van der Waals surface area contributed by atoms with Crippen LogP contribution in [0.3, 0.4) is 0 Å². The van der Waals surface area contributed by atoms with Gasteiger partial charge in [0.05, 0.1) is 0 Å². The van der Waals surface area contributed by atoms with Gasteiger partial charge in [0.1, 0.15) is 0 Å². The second-order valence-corrected chi connectivity index (χ2v) is 36.0. The van der Waals surface area contributed by atoms with E-state index in [1.54, 1.807) is 8.87 Å². The van der Waals surface area contributed by atoms with Crippen molar-refractivity contribution >= 4 is 41.2 Å². The molecule has 0 atom stereocenters. The zero-order valence-corrected chi connectivity index (χ0v) is 26.3. The Morgan fingerprint density at radius 1 is 0.679 bits per heavy atom. The van der Waals surface area contributed by atoms with Crippen molar-refractivity contribution in [3.05, 3.63) is 17.5 Å².